The van der Waals surface area contributed by atoms with Gasteiger partial charge in [0.25, 0.3) is 0 Å². The van der Waals surface area contributed by atoms with Crippen molar-refractivity contribution in [1.82, 2.24) is 0 Å². The number of rotatable bonds is 2. The molecule has 96 valence electrons. The number of benzene rings is 1. The summed E-state index contributed by atoms with van der Waals surface area (Å²) in [7, 11) is 0. The fourth-order valence-electron chi connectivity index (χ4n) is 2.43. The molecule has 0 aliphatic carbocycles. The Morgan fingerprint density at radius 3 is 1.94 bits per heavy atom. The topological polar surface area (TPSA) is 33.4 Å². The minimum atomic E-state index is -0.610. The van der Waals surface area contributed by atoms with Crippen molar-refractivity contribution in [2.24, 2.45) is 0 Å². The lowest BCUT2D eigenvalue weighted by Gasteiger charge is -2.19. The first kappa shape index (κ1) is 12.9. The number of aliphatic hydroxyl groups excluding tert-OH is 1. The first-order chi connectivity index (χ1) is 8.41. The lowest BCUT2D eigenvalue weighted by molar-refractivity contribution is 0.217. The van der Waals surface area contributed by atoms with Crippen molar-refractivity contribution in [1.29, 1.82) is 0 Å². The molecule has 0 saturated carbocycles. The molecule has 2 aromatic rings. The largest absolute Gasteiger partial charge is 0.469 e. The Kier molecular flexibility index (Phi) is 3.31. The molecule has 1 unspecified atom stereocenters. The molecule has 1 aromatic carbocycles. The molecule has 1 heterocycles. The van der Waals surface area contributed by atoms with Crippen LogP contribution in [0.2, 0.25) is 0 Å². The SMILES string of the molecule is Cc1cc(C(O)c2c(C)c(C)cc(C)c2C)co1. The van der Waals surface area contributed by atoms with Crippen LogP contribution in [0.25, 0.3) is 0 Å². The van der Waals surface area contributed by atoms with Crippen molar-refractivity contribution < 1.29 is 9.52 Å². The highest BCUT2D eigenvalue weighted by Gasteiger charge is 2.19. The van der Waals surface area contributed by atoms with E-state index in [-0.39, 0.29) is 0 Å². The van der Waals surface area contributed by atoms with Crippen LogP contribution in [0, 0.1) is 34.6 Å². The van der Waals surface area contributed by atoms with E-state index in [1.165, 1.54) is 11.1 Å². The highest BCUT2D eigenvalue weighted by molar-refractivity contribution is 5.47. The van der Waals surface area contributed by atoms with Gasteiger partial charge in [0, 0.05) is 5.56 Å². The van der Waals surface area contributed by atoms with E-state index < -0.39 is 6.10 Å². The average molecular weight is 244 g/mol. The molecular weight excluding hydrogens is 224 g/mol. The van der Waals surface area contributed by atoms with Gasteiger partial charge in [0.05, 0.1) is 6.26 Å². The second-order valence-corrected chi connectivity index (χ2v) is 5.07. The Labute approximate surface area is 108 Å². The fraction of sp³-hybridized carbons (Fsp3) is 0.375. The maximum Gasteiger partial charge on any atom is 0.108 e. The number of aryl methyl sites for hydroxylation is 3. The highest BCUT2D eigenvalue weighted by Crippen LogP contribution is 2.32. The minimum Gasteiger partial charge on any atom is -0.469 e. The molecule has 0 aliphatic heterocycles. The van der Waals surface area contributed by atoms with Gasteiger partial charge >= 0.3 is 0 Å². The number of aliphatic hydroxyl groups is 1. The molecule has 0 bridgehead atoms. The molecule has 0 amide bonds. The van der Waals surface area contributed by atoms with Crippen molar-refractivity contribution >= 4 is 0 Å². The maximum absolute atomic E-state index is 10.6. The van der Waals surface area contributed by atoms with Gasteiger partial charge in [-0.1, -0.05) is 6.07 Å². The van der Waals surface area contributed by atoms with E-state index >= 15 is 0 Å². The zero-order valence-corrected chi connectivity index (χ0v) is 11.7. The molecule has 0 fully saturated rings. The quantitative estimate of drug-likeness (QED) is 0.869. The van der Waals surface area contributed by atoms with Crippen LogP contribution in [0.4, 0.5) is 0 Å². The summed E-state index contributed by atoms with van der Waals surface area (Å²) in [5.41, 5.74) is 6.57. The molecule has 0 saturated heterocycles. The second kappa shape index (κ2) is 4.62. The molecule has 2 heteroatoms. The van der Waals surface area contributed by atoms with Crippen LogP contribution in [0.1, 0.15) is 45.2 Å². The summed E-state index contributed by atoms with van der Waals surface area (Å²) in [4.78, 5) is 0. The first-order valence-corrected chi connectivity index (χ1v) is 6.22. The Balaban J connectivity index is 2.57. The van der Waals surface area contributed by atoms with Crippen LogP contribution in [-0.4, -0.2) is 5.11 Å². The van der Waals surface area contributed by atoms with Crippen molar-refractivity contribution in [2.75, 3.05) is 0 Å². The number of hydrogen-bond acceptors (Lipinski definition) is 2. The Hall–Kier alpha value is -1.54. The van der Waals surface area contributed by atoms with Gasteiger partial charge in [0.2, 0.25) is 0 Å². The van der Waals surface area contributed by atoms with Gasteiger partial charge in [-0.05, 0) is 68.5 Å². The smallest absolute Gasteiger partial charge is 0.108 e. The average Bonchev–Trinajstić information content (AvgIpc) is 2.73. The van der Waals surface area contributed by atoms with Gasteiger partial charge < -0.3 is 9.52 Å². The Morgan fingerprint density at radius 1 is 0.944 bits per heavy atom. The lowest BCUT2D eigenvalue weighted by atomic mass is 9.89. The molecule has 2 rings (SSSR count). The zero-order valence-electron chi connectivity index (χ0n) is 11.7. The van der Waals surface area contributed by atoms with Gasteiger partial charge in [-0.2, -0.15) is 0 Å². The third-order valence-corrected chi connectivity index (χ3v) is 3.76. The monoisotopic (exact) mass is 244 g/mol. The number of furan rings is 1. The third kappa shape index (κ3) is 2.08. The Morgan fingerprint density at radius 2 is 1.50 bits per heavy atom. The van der Waals surface area contributed by atoms with Crippen molar-refractivity contribution in [3.63, 3.8) is 0 Å². The molecule has 1 atom stereocenters. The maximum atomic E-state index is 10.6. The first-order valence-electron chi connectivity index (χ1n) is 6.22. The fourth-order valence-corrected chi connectivity index (χ4v) is 2.43. The van der Waals surface area contributed by atoms with E-state index in [1.807, 2.05) is 13.0 Å². The predicted molar refractivity (Wildman–Crippen MR) is 72.9 cm³/mol. The van der Waals surface area contributed by atoms with Crippen molar-refractivity contribution in [3.05, 3.63) is 57.5 Å². The summed E-state index contributed by atoms with van der Waals surface area (Å²) in [6.45, 7) is 10.2. The lowest BCUT2D eigenvalue weighted by Crippen LogP contribution is -2.06. The molecule has 0 radical (unpaired) electrons. The summed E-state index contributed by atoms with van der Waals surface area (Å²) in [6.07, 6.45) is 1.03. The molecule has 1 N–H and O–H groups in total. The predicted octanol–water partition coefficient (Wildman–Crippen LogP) is 3.90. The Bertz CT molecular complexity index is 553. The summed E-state index contributed by atoms with van der Waals surface area (Å²) in [5.74, 6) is 0.823. The molecule has 0 aliphatic rings. The van der Waals surface area contributed by atoms with E-state index in [9.17, 15) is 5.11 Å². The van der Waals surface area contributed by atoms with E-state index in [0.717, 1.165) is 28.0 Å². The third-order valence-electron chi connectivity index (χ3n) is 3.76. The van der Waals surface area contributed by atoms with Gasteiger partial charge in [-0.15, -0.1) is 0 Å². The van der Waals surface area contributed by atoms with Crippen molar-refractivity contribution in [2.45, 2.75) is 40.7 Å². The molecule has 0 spiro atoms. The van der Waals surface area contributed by atoms with E-state index in [2.05, 4.69) is 33.8 Å². The van der Waals surface area contributed by atoms with Crippen LogP contribution in [0.3, 0.4) is 0 Å². The van der Waals surface area contributed by atoms with Crippen LogP contribution in [-0.2, 0) is 0 Å². The molecule has 18 heavy (non-hydrogen) atoms. The summed E-state index contributed by atoms with van der Waals surface area (Å²) in [5, 5.41) is 10.6. The summed E-state index contributed by atoms with van der Waals surface area (Å²) >= 11 is 0. The van der Waals surface area contributed by atoms with Crippen LogP contribution in [0.5, 0.6) is 0 Å². The highest BCUT2D eigenvalue weighted by atomic mass is 16.3. The van der Waals surface area contributed by atoms with Gasteiger partial charge in [0.1, 0.15) is 11.9 Å². The van der Waals surface area contributed by atoms with E-state index in [4.69, 9.17) is 4.42 Å². The molecule has 1 aromatic heterocycles. The van der Waals surface area contributed by atoms with Crippen LogP contribution < -0.4 is 0 Å². The molecular formula is C16H20O2. The van der Waals surface area contributed by atoms with Crippen molar-refractivity contribution in [3.8, 4) is 0 Å². The van der Waals surface area contributed by atoms with Gasteiger partial charge in [-0.25, -0.2) is 0 Å². The van der Waals surface area contributed by atoms with E-state index in [1.54, 1.807) is 6.26 Å². The minimum absolute atomic E-state index is 0.610. The van der Waals surface area contributed by atoms with Gasteiger partial charge in [-0.3, -0.25) is 0 Å². The standard InChI is InChI=1S/C16H20O2/c1-9-6-10(2)13(5)15(12(9)4)16(17)14-7-11(3)18-8-14/h6-8,16-17H,1-5H3. The van der Waals surface area contributed by atoms with Gasteiger partial charge in [0.15, 0.2) is 0 Å². The summed E-state index contributed by atoms with van der Waals surface area (Å²) in [6, 6.07) is 4.06. The zero-order chi connectivity index (χ0) is 13.4. The van der Waals surface area contributed by atoms with Crippen LogP contribution in [0.15, 0.2) is 22.8 Å². The molecule has 2 nitrogen and oxygen atoms in total. The summed E-state index contributed by atoms with van der Waals surface area (Å²) < 4.78 is 5.29. The number of hydrogen-bond donors (Lipinski definition) is 1. The van der Waals surface area contributed by atoms with E-state index in [0.29, 0.717) is 0 Å². The van der Waals surface area contributed by atoms with Crippen LogP contribution >= 0.6 is 0 Å². The normalized spacial score (nSPS) is 12.8. The second-order valence-electron chi connectivity index (χ2n) is 5.07.